The van der Waals surface area contributed by atoms with Gasteiger partial charge in [0.2, 0.25) is 5.91 Å². The van der Waals surface area contributed by atoms with E-state index in [-0.39, 0.29) is 46.4 Å². The molecule has 2 N–H and O–H groups in total. The number of pyridine rings is 1. The average molecular weight is 580 g/mol. The van der Waals surface area contributed by atoms with Gasteiger partial charge in [0.15, 0.2) is 5.82 Å². The van der Waals surface area contributed by atoms with Gasteiger partial charge in [-0.05, 0) is 69.7 Å². The number of nitrogens with zero attached hydrogens (tertiary/aromatic N) is 3. The van der Waals surface area contributed by atoms with Crippen LogP contribution in [0.5, 0.6) is 0 Å². The molecule has 0 bridgehead atoms. The fourth-order valence-corrected chi connectivity index (χ4v) is 6.53. The predicted molar refractivity (Wildman–Crippen MR) is 155 cm³/mol. The Kier molecular flexibility index (Phi) is 6.98. The summed E-state index contributed by atoms with van der Waals surface area (Å²) in [6, 6.07) is 11.0. The van der Waals surface area contributed by atoms with Crippen LogP contribution < -0.4 is 0 Å². The maximum Gasteiger partial charge on any atom is 0.226 e. The number of likely N-dealkylation sites (tertiary alicyclic amines) is 1. The molecule has 2 aliphatic rings. The zero-order valence-corrected chi connectivity index (χ0v) is 23.8. The molecule has 1 amide bonds. The third-order valence-electron chi connectivity index (χ3n) is 8.27. The molecule has 6 nitrogen and oxygen atoms in total. The van der Waals surface area contributed by atoms with Gasteiger partial charge >= 0.3 is 0 Å². The van der Waals surface area contributed by atoms with E-state index in [4.69, 9.17) is 23.2 Å². The molecule has 3 atom stereocenters. The molecule has 0 spiro atoms. The van der Waals surface area contributed by atoms with Gasteiger partial charge in [0.25, 0.3) is 0 Å². The number of nitriles is 1. The van der Waals surface area contributed by atoms with Crippen molar-refractivity contribution in [1.82, 2.24) is 14.9 Å². The molecule has 3 heterocycles. The number of aliphatic hydroxyl groups is 1. The van der Waals surface area contributed by atoms with Crippen LogP contribution in [0.3, 0.4) is 0 Å². The number of aryl methyl sites for hydroxylation is 1. The molecule has 2 aromatic heterocycles. The van der Waals surface area contributed by atoms with Crippen molar-refractivity contribution in [3.63, 3.8) is 0 Å². The van der Waals surface area contributed by atoms with Gasteiger partial charge in [0, 0.05) is 46.0 Å². The summed E-state index contributed by atoms with van der Waals surface area (Å²) < 4.78 is 16.6. The second kappa shape index (κ2) is 10.3. The zero-order chi connectivity index (χ0) is 28.3. The molecule has 4 aromatic rings. The molecule has 3 unspecified atom stereocenters. The van der Waals surface area contributed by atoms with Crippen molar-refractivity contribution in [1.29, 1.82) is 5.26 Å². The van der Waals surface area contributed by atoms with Crippen LogP contribution in [0.4, 0.5) is 4.39 Å². The van der Waals surface area contributed by atoms with E-state index >= 15 is 4.39 Å². The van der Waals surface area contributed by atoms with Crippen LogP contribution in [0.25, 0.3) is 32.9 Å². The van der Waals surface area contributed by atoms with E-state index in [9.17, 15) is 15.2 Å². The number of rotatable bonds is 6. The fourth-order valence-electron chi connectivity index (χ4n) is 6.14. The van der Waals surface area contributed by atoms with Crippen LogP contribution in [0.2, 0.25) is 10.0 Å². The number of amides is 1. The molecular weight excluding hydrogens is 550 g/mol. The first-order chi connectivity index (χ1) is 19.2. The highest BCUT2D eigenvalue weighted by Gasteiger charge is 2.42. The Morgan fingerprint density at radius 3 is 2.73 bits per heavy atom. The Hall–Kier alpha value is -3.18. The number of aromatic amines is 1. The molecule has 1 saturated heterocycles. The molecule has 6 rings (SSSR count). The van der Waals surface area contributed by atoms with E-state index in [1.54, 1.807) is 25.1 Å². The van der Waals surface area contributed by atoms with Crippen LogP contribution in [0, 0.1) is 23.1 Å². The lowest BCUT2D eigenvalue weighted by Gasteiger charge is -2.28. The second-order valence-corrected chi connectivity index (χ2v) is 11.8. The first-order valence-corrected chi connectivity index (χ1v) is 14.5. The summed E-state index contributed by atoms with van der Waals surface area (Å²) >= 11 is 12.8. The summed E-state index contributed by atoms with van der Waals surface area (Å²) in [5, 5.41) is 21.8. The van der Waals surface area contributed by atoms with Crippen molar-refractivity contribution in [3.05, 3.63) is 63.1 Å². The monoisotopic (exact) mass is 578 g/mol. The van der Waals surface area contributed by atoms with E-state index in [1.807, 2.05) is 17.0 Å². The van der Waals surface area contributed by atoms with E-state index < -0.39 is 11.9 Å². The molecular formula is C31H29Cl2FN4O2. The summed E-state index contributed by atoms with van der Waals surface area (Å²) in [4.78, 5) is 23.3. The maximum absolute atomic E-state index is 16.6. The number of hydrogen-bond donors (Lipinski definition) is 2. The zero-order valence-electron chi connectivity index (χ0n) is 22.3. The molecule has 9 heteroatoms. The van der Waals surface area contributed by atoms with Gasteiger partial charge in [0.1, 0.15) is 5.52 Å². The summed E-state index contributed by atoms with van der Waals surface area (Å²) in [6.45, 7) is 3.69. The number of hydrogen-bond acceptors (Lipinski definition) is 4. The van der Waals surface area contributed by atoms with Gasteiger partial charge in [-0.2, -0.15) is 5.26 Å². The number of H-pyrrole nitrogens is 1. The molecule has 1 aliphatic heterocycles. The quantitative estimate of drug-likeness (QED) is 0.244. The normalized spacial score (nSPS) is 19.9. The van der Waals surface area contributed by atoms with Gasteiger partial charge in [-0.15, -0.1) is 0 Å². The van der Waals surface area contributed by atoms with Crippen LogP contribution in [0.1, 0.15) is 75.0 Å². The lowest BCUT2D eigenvalue weighted by Crippen LogP contribution is -2.36. The van der Waals surface area contributed by atoms with Crippen LogP contribution in [0.15, 0.2) is 30.3 Å². The molecule has 0 radical (unpaired) electrons. The number of carbonyl (C=O) groups excluding carboxylic acids is 1. The van der Waals surface area contributed by atoms with Crippen molar-refractivity contribution in [2.24, 2.45) is 5.92 Å². The number of fused-ring (bicyclic) bond motifs is 3. The molecule has 206 valence electrons. The largest absolute Gasteiger partial charge is 0.387 e. The molecule has 1 aliphatic carbocycles. The van der Waals surface area contributed by atoms with Gasteiger partial charge in [-0.1, -0.05) is 35.3 Å². The van der Waals surface area contributed by atoms with Crippen molar-refractivity contribution >= 4 is 50.9 Å². The van der Waals surface area contributed by atoms with Crippen molar-refractivity contribution in [2.45, 2.75) is 70.6 Å². The van der Waals surface area contributed by atoms with Crippen molar-refractivity contribution in [3.8, 4) is 17.2 Å². The highest BCUT2D eigenvalue weighted by molar-refractivity contribution is 6.43. The topological polar surface area (TPSA) is 93.0 Å². The molecule has 2 fully saturated rings. The van der Waals surface area contributed by atoms with E-state index in [2.05, 4.69) is 23.0 Å². The predicted octanol–water partition coefficient (Wildman–Crippen LogP) is 7.80. The van der Waals surface area contributed by atoms with E-state index in [1.165, 1.54) is 0 Å². The average Bonchev–Trinajstić information content (AvgIpc) is 3.57. The minimum Gasteiger partial charge on any atom is -0.387 e. The number of nitrogens with one attached hydrogen (secondary N) is 1. The van der Waals surface area contributed by atoms with Gasteiger partial charge in [-0.3, -0.25) is 4.79 Å². The fraction of sp³-hybridized carbons (Fsp3) is 0.387. The standard InChI is InChI=1S/C31H29Cl2FN4O2/c1-15-8-11-24(38(15)31(40)17-9-10-17)23-14-21-28(16(2)39)37-30-20(29(21)36-23)13-18(5-4-12-35)25(27(30)34)19-6-3-7-22(32)26(19)33/h3,6-7,13-17,24,36,39H,4-5,8-11H2,1-2H3. The third kappa shape index (κ3) is 4.43. The molecule has 1 saturated carbocycles. The minimum atomic E-state index is -0.960. The van der Waals surface area contributed by atoms with E-state index in [0.717, 1.165) is 31.4 Å². The Morgan fingerprint density at radius 2 is 2.02 bits per heavy atom. The number of benzene rings is 2. The minimum absolute atomic E-state index is 0.0919. The molecule has 2 aromatic carbocycles. The summed E-state index contributed by atoms with van der Waals surface area (Å²) in [5.41, 5.74) is 3.22. The maximum atomic E-state index is 16.6. The van der Waals surface area contributed by atoms with Gasteiger partial charge < -0.3 is 15.0 Å². The third-order valence-corrected chi connectivity index (χ3v) is 9.09. The highest BCUT2D eigenvalue weighted by atomic mass is 35.5. The van der Waals surface area contributed by atoms with E-state index in [0.29, 0.717) is 44.6 Å². The Morgan fingerprint density at radius 1 is 1.25 bits per heavy atom. The summed E-state index contributed by atoms with van der Waals surface area (Å²) in [5.74, 6) is -0.286. The highest BCUT2D eigenvalue weighted by Crippen LogP contribution is 2.45. The Balaban J connectivity index is 1.60. The number of aromatic nitrogens is 2. The lowest BCUT2D eigenvalue weighted by atomic mass is 9.93. The first kappa shape index (κ1) is 27.0. The Labute approximate surface area is 241 Å². The SMILES string of the molecule is CC(O)c1nc2c(F)c(-c3cccc(Cl)c3Cl)c(CCC#N)cc2c2[nH]c(C3CCC(C)N3C(=O)C3CC3)cc12. The first-order valence-electron chi connectivity index (χ1n) is 13.7. The number of carbonyl (C=O) groups is 1. The summed E-state index contributed by atoms with van der Waals surface area (Å²) in [6.07, 6.45) is 3.12. The van der Waals surface area contributed by atoms with Crippen LogP contribution >= 0.6 is 23.2 Å². The van der Waals surface area contributed by atoms with Crippen LogP contribution in [-0.4, -0.2) is 31.9 Å². The number of aliphatic hydroxyl groups excluding tert-OH is 1. The lowest BCUT2D eigenvalue weighted by molar-refractivity contribution is -0.135. The Bertz CT molecular complexity index is 1710. The van der Waals surface area contributed by atoms with Gasteiger partial charge in [0.05, 0.1) is 39.5 Å². The summed E-state index contributed by atoms with van der Waals surface area (Å²) in [7, 11) is 0. The smallest absolute Gasteiger partial charge is 0.226 e. The number of halogens is 3. The molecule has 40 heavy (non-hydrogen) atoms. The van der Waals surface area contributed by atoms with Crippen LogP contribution in [-0.2, 0) is 11.2 Å². The second-order valence-electron chi connectivity index (χ2n) is 11.0. The van der Waals surface area contributed by atoms with Gasteiger partial charge in [-0.25, -0.2) is 9.37 Å². The van der Waals surface area contributed by atoms with Crippen molar-refractivity contribution < 1.29 is 14.3 Å². The van der Waals surface area contributed by atoms with Crippen molar-refractivity contribution in [2.75, 3.05) is 0 Å².